The van der Waals surface area contributed by atoms with E-state index in [-0.39, 0.29) is 17.4 Å². The first-order valence-corrected chi connectivity index (χ1v) is 8.54. The van der Waals surface area contributed by atoms with Crippen LogP contribution in [0.5, 0.6) is 0 Å². The Morgan fingerprint density at radius 3 is 2.92 bits per heavy atom. The normalized spacial score (nSPS) is 20.6. The monoisotopic (exact) mass is 343 g/mol. The lowest BCUT2D eigenvalue weighted by atomic mass is 10.1. The largest absolute Gasteiger partial charge is 0.506 e. The number of hydrogen-bond acceptors (Lipinski definition) is 6. The number of nitrogens with zero attached hydrogens (tertiary/aromatic N) is 4. The lowest BCUT2D eigenvalue weighted by Gasteiger charge is -2.19. The van der Waals surface area contributed by atoms with Gasteiger partial charge in [0.25, 0.3) is 5.56 Å². The van der Waals surface area contributed by atoms with Crippen LogP contribution in [0.1, 0.15) is 20.3 Å². The van der Waals surface area contributed by atoms with Gasteiger partial charge in [0.05, 0.1) is 6.54 Å². The standard InChI is InChI=1S/C17H21N5O3/c1-10(2)19-16-15(17(24)22-6-3-5-21(16)22)20-11-9-14-12(8-13(11)23)18-4-7-25-14/h8-10,19,23H,3-7H2,1-2H3. The topological polar surface area (TPSA) is 93.1 Å². The van der Waals surface area contributed by atoms with Crippen molar-refractivity contribution in [2.24, 2.45) is 9.98 Å². The van der Waals surface area contributed by atoms with Crippen molar-refractivity contribution in [1.82, 2.24) is 9.36 Å². The second kappa shape index (κ2) is 5.94. The van der Waals surface area contributed by atoms with Crippen LogP contribution in [-0.4, -0.2) is 45.1 Å². The van der Waals surface area contributed by atoms with Gasteiger partial charge in [0.2, 0.25) is 0 Å². The fourth-order valence-corrected chi connectivity index (χ4v) is 3.24. The molecule has 0 atom stereocenters. The molecule has 0 saturated carbocycles. The van der Waals surface area contributed by atoms with E-state index in [0.717, 1.165) is 13.0 Å². The average molecular weight is 343 g/mol. The summed E-state index contributed by atoms with van der Waals surface area (Å²) in [7, 11) is 0. The number of nitrogens with one attached hydrogen (secondary N) is 1. The van der Waals surface area contributed by atoms with Crippen molar-refractivity contribution in [3.63, 3.8) is 0 Å². The van der Waals surface area contributed by atoms with Crippen LogP contribution in [0.25, 0.3) is 0 Å². The highest BCUT2D eigenvalue weighted by Crippen LogP contribution is 2.28. The first kappa shape index (κ1) is 15.7. The Labute approximate surface area is 144 Å². The minimum absolute atomic E-state index is 0.0146. The molecule has 4 rings (SSSR count). The predicted molar refractivity (Wildman–Crippen MR) is 96.2 cm³/mol. The molecule has 0 amide bonds. The molecule has 0 unspecified atom stereocenters. The molecule has 25 heavy (non-hydrogen) atoms. The van der Waals surface area contributed by atoms with Gasteiger partial charge in [-0.1, -0.05) is 0 Å². The third-order valence-corrected chi connectivity index (χ3v) is 4.30. The smallest absolute Gasteiger partial charge is 0.294 e. The van der Waals surface area contributed by atoms with Crippen LogP contribution < -0.4 is 10.9 Å². The molecule has 2 N–H and O–H groups in total. The zero-order valence-corrected chi connectivity index (χ0v) is 14.3. The van der Waals surface area contributed by atoms with E-state index in [9.17, 15) is 9.90 Å². The van der Waals surface area contributed by atoms with E-state index in [0.29, 0.717) is 48.4 Å². The molecule has 0 aromatic carbocycles. The maximum absolute atomic E-state index is 12.7. The summed E-state index contributed by atoms with van der Waals surface area (Å²) in [6.45, 7) is 6.55. The fraction of sp³-hybridized carbons (Fsp3) is 0.471. The third kappa shape index (κ3) is 2.67. The summed E-state index contributed by atoms with van der Waals surface area (Å²) < 4.78 is 9.21. The zero-order valence-electron chi connectivity index (χ0n) is 14.3. The van der Waals surface area contributed by atoms with Gasteiger partial charge in [-0.2, -0.15) is 0 Å². The van der Waals surface area contributed by atoms with Crippen LogP contribution in [0.4, 0.5) is 11.5 Å². The number of aliphatic hydroxyl groups excluding tert-OH is 1. The van der Waals surface area contributed by atoms with Crippen molar-refractivity contribution in [2.75, 3.05) is 18.5 Å². The van der Waals surface area contributed by atoms with Crippen molar-refractivity contribution in [3.05, 3.63) is 34.0 Å². The van der Waals surface area contributed by atoms with Crippen molar-refractivity contribution < 1.29 is 9.84 Å². The molecular weight excluding hydrogens is 322 g/mol. The van der Waals surface area contributed by atoms with Gasteiger partial charge in [0.15, 0.2) is 11.5 Å². The number of anilines is 1. The molecule has 3 aliphatic rings. The van der Waals surface area contributed by atoms with Gasteiger partial charge in [-0.05, 0) is 20.3 Å². The molecule has 0 spiro atoms. The molecule has 1 aromatic rings. The minimum Gasteiger partial charge on any atom is -0.506 e. The number of aliphatic hydroxyl groups is 1. The van der Waals surface area contributed by atoms with Crippen LogP contribution in [-0.2, 0) is 17.8 Å². The second-order valence-electron chi connectivity index (χ2n) is 6.55. The molecule has 1 aromatic heterocycles. The number of allylic oxidation sites excluding steroid dienone is 2. The molecule has 0 radical (unpaired) electrons. The zero-order chi connectivity index (χ0) is 17.6. The van der Waals surface area contributed by atoms with Gasteiger partial charge >= 0.3 is 0 Å². The SMILES string of the molecule is CC(C)Nc1c(N=C2C=C3OCCN=C3C=C2O)c(=O)n2n1CCC2. The number of aliphatic imine (C=N–C) groups is 2. The van der Waals surface area contributed by atoms with Crippen LogP contribution in [0.15, 0.2) is 38.4 Å². The van der Waals surface area contributed by atoms with Gasteiger partial charge in [0.1, 0.15) is 29.5 Å². The van der Waals surface area contributed by atoms with E-state index in [1.807, 2.05) is 18.5 Å². The molecule has 2 aliphatic heterocycles. The first-order chi connectivity index (χ1) is 12.0. The summed E-state index contributed by atoms with van der Waals surface area (Å²) in [5, 5.41) is 13.6. The van der Waals surface area contributed by atoms with Gasteiger partial charge in [-0.15, -0.1) is 0 Å². The summed E-state index contributed by atoms with van der Waals surface area (Å²) in [4.78, 5) is 21.5. The van der Waals surface area contributed by atoms with E-state index in [4.69, 9.17) is 4.74 Å². The summed E-state index contributed by atoms with van der Waals surface area (Å²) in [5.41, 5.74) is 1.09. The highest BCUT2D eigenvalue weighted by atomic mass is 16.5. The van der Waals surface area contributed by atoms with E-state index in [1.54, 1.807) is 10.8 Å². The molecule has 3 heterocycles. The highest BCUT2D eigenvalue weighted by molar-refractivity contribution is 6.22. The van der Waals surface area contributed by atoms with Crippen LogP contribution in [0.2, 0.25) is 0 Å². The van der Waals surface area contributed by atoms with Crippen molar-refractivity contribution in [1.29, 1.82) is 0 Å². The average Bonchev–Trinajstić information content (AvgIpc) is 3.14. The molecule has 0 fully saturated rings. The first-order valence-electron chi connectivity index (χ1n) is 8.54. The molecule has 0 saturated heterocycles. The van der Waals surface area contributed by atoms with Crippen LogP contribution >= 0.6 is 0 Å². The van der Waals surface area contributed by atoms with Gasteiger partial charge in [0, 0.05) is 31.3 Å². The van der Waals surface area contributed by atoms with Crippen LogP contribution in [0, 0.1) is 0 Å². The summed E-state index contributed by atoms with van der Waals surface area (Å²) in [6.07, 6.45) is 4.10. The Balaban J connectivity index is 1.82. The van der Waals surface area contributed by atoms with E-state index >= 15 is 0 Å². The Morgan fingerprint density at radius 2 is 2.12 bits per heavy atom. The maximum atomic E-state index is 12.7. The van der Waals surface area contributed by atoms with Crippen molar-refractivity contribution in [2.45, 2.75) is 39.4 Å². The molecule has 8 nitrogen and oxygen atoms in total. The minimum atomic E-state index is -0.150. The Bertz CT molecular complexity index is 898. The summed E-state index contributed by atoms with van der Waals surface area (Å²) in [6, 6.07) is 0.160. The lowest BCUT2D eigenvalue weighted by molar-refractivity contribution is 0.232. The van der Waals surface area contributed by atoms with E-state index < -0.39 is 0 Å². The highest BCUT2D eigenvalue weighted by Gasteiger charge is 2.26. The summed E-state index contributed by atoms with van der Waals surface area (Å²) in [5.74, 6) is 1.26. The Kier molecular flexibility index (Phi) is 3.74. The van der Waals surface area contributed by atoms with Gasteiger partial charge in [-0.3, -0.25) is 14.5 Å². The van der Waals surface area contributed by atoms with Crippen LogP contribution in [0.3, 0.4) is 0 Å². The maximum Gasteiger partial charge on any atom is 0.294 e. The van der Waals surface area contributed by atoms with Crippen molar-refractivity contribution in [3.8, 4) is 0 Å². The fourth-order valence-electron chi connectivity index (χ4n) is 3.24. The number of ether oxygens (including phenoxy) is 1. The van der Waals surface area contributed by atoms with Gasteiger partial charge in [-0.25, -0.2) is 9.67 Å². The molecule has 8 heteroatoms. The number of aromatic nitrogens is 2. The molecule has 1 aliphatic carbocycles. The lowest BCUT2D eigenvalue weighted by Crippen LogP contribution is -2.21. The van der Waals surface area contributed by atoms with E-state index in [1.165, 1.54) is 6.08 Å². The second-order valence-corrected chi connectivity index (χ2v) is 6.55. The van der Waals surface area contributed by atoms with Gasteiger partial charge < -0.3 is 15.2 Å². The number of rotatable bonds is 3. The predicted octanol–water partition coefficient (Wildman–Crippen LogP) is 1.76. The Hall–Kier alpha value is -2.77. The molecule has 132 valence electrons. The summed E-state index contributed by atoms with van der Waals surface area (Å²) >= 11 is 0. The van der Waals surface area contributed by atoms with Crippen molar-refractivity contribution >= 4 is 22.9 Å². The molecular formula is C17H21N5O3. The third-order valence-electron chi connectivity index (χ3n) is 4.30. The molecule has 0 bridgehead atoms. The number of hydrogen-bond donors (Lipinski definition) is 2. The van der Waals surface area contributed by atoms with E-state index in [2.05, 4.69) is 15.3 Å². The Morgan fingerprint density at radius 1 is 1.32 bits per heavy atom. The quantitative estimate of drug-likeness (QED) is 0.818. The number of fused-ring (bicyclic) bond motifs is 2.